The first-order valence-corrected chi connectivity index (χ1v) is 5.70. The van der Waals surface area contributed by atoms with Gasteiger partial charge in [-0.15, -0.1) is 0 Å². The van der Waals surface area contributed by atoms with Crippen LogP contribution in [0, 0.1) is 0 Å². The average Bonchev–Trinajstić information content (AvgIpc) is 3.09. The summed E-state index contributed by atoms with van der Waals surface area (Å²) in [5.41, 5.74) is 1.90. The third-order valence-electron chi connectivity index (χ3n) is 2.77. The monoisotopic (exact) mass is 257 g/mol. The van der Waals surface area contributed by atoms with Gasteiger partial charge in [0.15, 0.2) is 0 Å². The number of carbonyl (C=O) groups is 1. The summed E-state index contributed by atoms with van der Waals surface area (Å²) < 4.78 is 0. The quantitative estimate of drug-likeness (QED) is 0.635. The average molecular weight is 257 g/mol. The van der Waals surface area contributed by atoms with Crippen LogP contribution in [0.5, 0.6) is 0 Å². The summed E-state index contributed by atoms with van der Waals surface area (Å²) in [6.07, 6.45) is 1.40. The molecule has 1 atom stereocenters. The molecule has 2 heterocycles. The fourth-order valence-electron chi connectivity index (χ4n) is 1.75. The molecule has 1 unspecified atom stereocenters. The molecule has 0 radical (unpaired) electrons. The molecule has 0 bridgehead atoms. The van der Waals surface area contributed by atoms with E-state index in [0.29, 0.717) is 16.9 Å². The molecule has 0 saturated carbocycles. The predicted molar refractivity (Wildman–Crippen MR) is 66.2 cm³/mol. The predicted octanol–water partition coefficient (Wildman–Crippen LogP) is 0.567. The minimum Gasteiger partial charge on any atom is -0.342 e. The fraction of sp³-hybridized carbons (Fsp3) is 0.182. The van der Waals surface area contributed by atoms with E-state index in [9.17, 15) is 4.79 Å². The lowest BCUT2D eigenvalue weighted by Gasteiger charge is -2.10. The Balaban J connectivity index is 1.79. The zero-order valence-electron chi connectivity index (χ0n) is 10.1. The number of carbonyl (C=O) groups excluding carboxylic acids is 1. The van der Waals surface area contributed by atoms with Gasteiger partial charge in [-0.3, -0.25) is 9.89 Å². The molecule has 1 aromatic carbocycles. The van der Waals surface area contributed by atoms with Crippen LogP contribution in [0.4, 0.5) is 0 Å². The van der Waals surface area contributed by atoms with Gasteiger partial charge in [-0.1, -0.05) is 0 Å². The summed E-state index contributed by atoms with van der Waals surface area (Å²) in [6, 6.07) is 4.88. The number of aromatic nitrogens is 6. The number of hydrogen-bond donors (Lipinski definition) is 3. The van der Waals surface area contributed by atoms with Gasteiger partial charge in [0.25, 0.3) is 5.91 Å². The van der Waals surface area contributed by atoms with Crippen LogP contribution in [0.2, 0.25) is 0 Å². The summed E-state index contributed by atoms with van der Waals surface area (Å²) in [5, 5.41) is 19.7. The lowest BCUT2D eigenvalue weighted by Crippen LogP contribution is -2.27. The van der Waals surface area contributed by atoms with Gasteiger partial charge in [0.05, 0.1) is 6.04 Å². The number of aromatic amines is 2. The molecule has 1 amide bonds. The van der Waals surface area contributed by atoms with E-state index in [1.165, 1.54) is 6.33 Å². The lowest BCUT2D eigenvalue weighted by atomic mass is 10.1. The second-order valence-electron chi connectivity index (χ2n) is 4.09. The maximum absolute atomic E-state index is 12.1. The van der Waals surface area contributed by atoms with Crippen molar-refractivity contribution in [3.05, 3.63) is 35.9 Å². The summed E-state index contributed by atoms with van der Waals surface area (Å²) in [6.45, 7) is 1.83. The van der Waals surface area contributed by atoms with E-state index in [1.807, 2.05) is 6.92 Å². The molecular formula is C11H11N7O. The topological polar surface area (TPSA) is 112 Å². The molecule has 3 N–H and O–H groups in total. The molecule has 96 valence electrons. The first kappa shape index (κ1) is 11.3. The Morgan fingerprint density at radius 1 is 1.32 bits per heavy atom. The molecule has 0 spiro atoms. The molecule has 8 nitrogen and oxygen atoms in total. The summed E-state index contributed by atoms with van der Waals surface area (Å²) >= 11 is 0. The number of fused-ring (bicyclic) bond motifs is 1. The van der Waals surface area contributed by atoms with Crippen molar-refractivity contribution in [2.24, 2.45) is 0 Å². The van der Waals surface area contributed by atoms with Crippen molar-refractivity contribution >= 4 is 16.9 Å². The van der Waals surface area contributed by atoms with Crippen molar-refractivity contribution < 1.29 is 4.79 Å². The van der Waals surface area contributed by atoms with Gasteiger partial charge in [0.2, 0.25) is 0 Å². The van der Waals surface area contributed by atoms with E-state index in [4.69, 9.17) is 0 Å². The van der Waals surface area contributed by atoms with Gasteiger partial charge >= 0.3 is 0 Å². The van der Waals surface area contributed by atoms with Gasteiger partial charge in [-0.05, 0) is 25.1 Å². The second-order valence-corrected chi connectivity index (χ2v) is 4.09. The first-order chi connectivity index (χ1) is 9.24. The second kappa shape index (κ2) is 4.48. The van der Waals surface area contributed by atoms with Crippen molar-refractivity contribution in [1.29, 1.82) is 0 Å². The zero-order chi connectivity index (χ0) is 13.2. The molecule has 3 aromatic rings. The maximum atomic E-state index is 12.1. The van der Waals surface area contributed by atoms with Crippen molar-refractivity contribution in [1.82, 2.24) is 35.9 Å². The normalized spacial score (nSPS) is 12.5. The number of nitrogens with zero attached hydrogens (tertiary/aromatic N) is 4. The van der Waals surface area contributed by atoms with E-state index in [0.717, 1.165) is 5.52 Å². The highest BCUT2D eigenvalue weighted by Gasteiger charge is 2.14. The van der Waals surface area contributed by atoms with Crippen LogP contribution in [0.25, 0.3) is 11.0 Å². The van der Waals surface area contributed by atoms with Crippen molar-refractivity contribution in [2.75, 3.05) is 0 Å². The SMILES string of the molecule is CC(NC(=O)c1ccc2n[nH]nc2c1)c1ncn[nH]1. The molecular weight excluding hydrogens is 246 g/mol. The zero-order valence-corrected chi connectivity index (χ0v) is 10.1. The highest BCUT2D eigenvalue weighted by atomic mass is 16.1. The molecule has 8 heteroatoms. The molecule has 0 aliphatic heterocycles. The Hall–Kier alpha value is -2.77. The van der Waals surface area contributed by atoms with Crippen LogP contribution in [0.1, 0.15) is 29.1 Å². The third-order valence-corrected chi connectivity index (χ3v) is 2.77. The van der Waals surface area contributed by atoms with Gasteiger partial charge in [0.1, 0.15) is 23.2 Å². The van der Waals surface area contributed by atoms with Crippen molar-refractivity contribution in [3.8, 4) is 0 Å². The molecule has 0 aliphatic rings. The van der Waals surface area contributed by atoms with Crippen LogP contribution >= 0.6 is 0 Å². The lowest BCUT2D eigenvalue weighted by molar-refractivity contribution is 0.0938. The largest absolute Gasteiger partial charge is 0.342 e. The van der Waals surface area contributed by atoms with Crippen LogP contribution < -0.4 is 5.32 Å². The maximum Gasteiger partial charge on any atom is 0.251 e. The van der Waals surface area contributed by atoms with E-state index in [-0.39, 0.29) is 11.9 Å². The Kier molecular flexibility index (Phi) is 2.67. The number of H-pyrrole nitrogens is 2. The molecule has 0 saturated heterocycles. The van der Waals surface area contributed by atoms with Gasteiger partial charge < -0.3 is 5.32 Å². The number of benzene rings is 1. The molecule has 3 rings (SSSR count). The van der Waals surface area contributed by atoms with Crippen molar-refractivity contribution in [3.63, 3.8) is 0 Å². The van der Waals surface area contributed by atoms with Gasteiger partial charge in [-0.25, -0.2) is 4.98 Å². The Morgan fingerprint density at radius 3 is 2.95 bits per heavy atom. The summed E-state index contributed by atoms with van der Waals surface area (Å²) in [7, 11) is 0. The first-order valence-electron chi connectivity index (χ1n) is 5.70. The van der Waals surface area contributed by atoms with E-state index >= 15 is 0 Å². The molecule has 0 aliphatic carbocycles. The molecule has 19 heavy (non-hydrogen) atoms. The minimum absolute atomic E-state index is 0.200. The standard InChI is InChI=1S/C11H11N7O/c1-6(10-12-5-13-17-10)14-11(19)7-2-3-8-9(4-7)16-18-15-8/h2-6H,1H3,(H,14,19)(H,12,13,17)(H,15,16,18). The van der Waals surface area contributed by atoms with Gasteiger partial charge in [-0.2, -0.15) is 20.5 Å². The Morgan fingerprint density at radius 2 is 2.16 bits per heavy atom. The molecule has 0 fully saturated rings. The number of hydrogen-bond acceptors (Lipinski definition) is 5. The minimum atomic E-state index is -0.247. The highest BCUT2D eigenvalue weighted by molar-refractivity contribution is 5.97. The van der Waals surface area contributed by atoms with Crippen LogP contribution in [-0.4, -0.2) is 36.5 Å². The van der Waals surface area contributed by atoms with E-state index < -0.39 is 0 Å². The Labute approximate surface area is 107 Å². The Bertz CT molecular complexity index is 703. The van der Waals surface area contributed by atoms with Gasteiger partial charge in [0, 0.05) is 5.56 Å². The number of rotatable bonds is 3. The molecule has 2 aromatic heterocycles. The van der Waals surface area contributed by atoms with Crippen LogP contribution in [0.15, 0.2) is 24.5 Å². The summed E-state index contributed by atoms with van der Waals surface area (Å²) in [4.78, 5) is 16.1. The third kappa shape index (κ3) is 2.15. The smallest absolute Gasteiger partial charge is 0.251 e. The van der Waals surface area contributed by atoms with E-state index in [1.54, 1.807) is 18.2 Å². The number of nitrogens with one attached hydrogen (secondary N) is 3. The fourth-order valence-corrected chi connectivity index (χ4v) is 1.75. The van der Waals surface area contributed by atoms with Crippen LogP contribution in [0.3, 0.4) is 0 Å². The number of amides is 1. The van der Waals surface area contributed by atoms with Crippen LogP contribution in [-0.2, 0) is 0 Å². The highest BCUT2D eigenvalue weighted by Crippen LogP contribution is 2.12. The summed E-state index contributed by atoms with van der Waals surface area (Å²) in [5.74, 6) is 0.407. The van der Waals surface area contributed by atoms with E-state index in [2.05, 4.69) is 35.9 Å². The van der Waals surface area contributed by atoms with Crippen molar-refractivity contribution in [2.45, 2.75) is 13.0 Å².